The average molecular weight is 243 g/mol. The van der Waals surface area contributed by atoms with Crippen LogP contribution in [0.3, 0.4) is 0 Å². The Kier molecular flexibility index (Phi) is 4.19. The van der Waals surface area contributed by atoms with Gasteiger partial charge in [-0.05, 0) is 30.9 Å². The van der Waals surface area contributed by atoms with Gasteiger partial charge in [0.1, 0.15) is 0 Å². The number of nitrogens with one attached hydrogen (secondary N) is 1. The number of hydrogen-bond acceptors (Lipinski definition) is 1. The summed E-state index contributed by atoms with van der Waals surface area (Å²) in [5.41, 5.74) is 3.32. The molecule has 96 valence electrons. The number of benzene rings is 1. The molecule has 18 heavy (non-hydrogen) atoms. The van der Waals surface area contributed by atoms with Crippen molar-refractivity contribution in [3.8, 4) is 0 Å². The molecule has 0 saturated carbocycles. The van der Waals surface area contributed by atoms with Crippen LogP contribution in [-0.4, -0.2) is 4.98 Å². The summed E-state index contributed by atoms with van der Waals surface area (Å²) in [6.07, 6.45) is 5.16. The summed E-state index contributed by atoms with van der Waals surface area (Å²) in [5, 5.41) is 1.21. The first-order valence-electron chi connectivity index (χ1n) is 6.90. The fraction of sp³-hybridized carbons (Fsp3) is 0.438. The van der Waals surface area contributed by atoms with Gasteiger partial charge in [0, 0.05) is 16.5 Å². The zero-order chi connectivity index (χ0) is 13.0. The molecule has 0 unspecified atom stereocenters. The largest absolute Gasteiger partial charge is 0.322 e. The third-order valence-corrected chi connectivity index (χ3v) is 3.42. The van der Waals surface area contributed by atoms with Crippen LogP contribution in [-0.2, 0) is 12.8 Å². The Labute approximate surface area is 108 Å². The summed E-state index contributed by atoms with van der Waals surface area (Å²) in [6, 6.07) is 8.12. The number of aryl methyl sites for hydroxylation is 1. The quantitative estimate of drug-likeness (QED) is 0.850. The van der Waals surface area contributed by atoms with Gasteiger partial charge in [-0.1, -0.05) is 44.9 Å². The van der Waals surface area contributed by atoms with Crippen molar-refractivity contribution in [3.05, 3.63) is 45.7 Å². The van der Waals surface area contributed by atoms with Gasteiger partial charge in [0.2, 0.25) is 0 Å². The molecular formula is C16H21NO. The molecule has 0 bridgehead atoms. The van der Waals surface area contributed by atoms with E-state index >= 15 is 0 Å². The highest BCUT2D eigenvalue weighted by molar-refractivity contribution is 5.83. The fourth-order valence-electron chi connectivity index (χ4n) is 2.51. The molecule has 0 spiro atoms. The summed E-state index contributed by atoms with van der Waals surface area (Å²) in [7, 11) is 0. The second-order valence-electron chi connectivity index (χ2n) is 4.81. The maximum Gasteiger partial charge on any atom is 0.251 e. The highest BCUT2D eigenvalue weighted by atomic mass is 16.1. The molecule has 0 aliphatic carbocycles. The molecule has 0 amide bonds. The van der Waals surface area contributed by atoms with Crippen molar-refractivity contribution in [2.45, 2.75) is 46.0 Å². The second-order valence-corrected chi connectivity index (χ2v) is 4.81. The van der Waals surface area contributed by atoms with Crippen molar-refractivity contribution in [1.82, 2.24) is 4.98 Å². The molecule has 0 fully saturated rings. The Morgan fingerprint density at radius 3 is 2.50 bits per heavy atom. The zero-order valence-electron chi connectivity index (χ0n) is 11.3. The minimum absolute atomic E-state index is 0.102. The Balaban J connectivity index is 2.62. The van der Waals surface area contributed by atoms with E-state index in [1.807, 2.05) is 18.2 Å². The van der Waals surface area contributed by atoms with Crippen LogP contribution in [0.5, 0.6) is 0 Å². The van der Waals surface area contributed by atoms with E-state index in [9.17, 15) is 4.79 Å². The Hall–Kier alpha value is -1.57. The van der Waals surface area contributed by atoms with E-state index in [0.29, 0.717) is 0 Å². The van der Waals surface area contributed by atoms with Gasteiger partial charge in [0.15, 0.2) is 0 Å². The smallest absolute Gasteiger partial charge is 0.251 e. The molecule has 1 heterocycles. The first kappa shape index (κ1) is 12.9. The Morgan fingerprint density at radius 2 is 1.78 bits per heavy atom. The van der Waals surface area contributed by atoms with Crippen LogP contribution in [0.25, 0.3) is 10.9 Å². The number of unbranched alkanes of at least 4 members (excludes halogenated alkanes) is 1. The summed E-state index contributed by atoms with van der Waals surface area (Å²) >= 11 is 0. The van der Waals surface area contributed by atoms with Crippen LogP contribution >= 0.6 is 0 Å². The first-order valence-corrected chi connectivity index (χ1v) is 6.90. The van der Waals surface area contributed by atoms with Gasteiger partial charge < -0.3 is 4.98 Å². The van der Waals surface area contributed by atoms with Gasteiger partial charge in [-0.25, -0.2) is 0 Å². The van der Waals surface area contributed by atoms with Crippen LogP contribution in [0.2, 0.25) is 0 Å². The number of hydrogen-bond donors (Lipinski definition) is 1. The van der Waals surface area contributed by atoms with Crippen molar-refractivity contribution >= 4 is 10.9 Å². The molecule has 1 N–H and O–H groups in total. The number of fused-ring (bicyclic) bond motifs is 1. The lowest BCUT2D eigenvalue weighted by molar-refractivity contribution is 0.774. The summed E-state index contributed by atoms with van der Waals surface area (Å²) < 4.78 is 0. The molecule has 2 heteroatoms. The first-order chi connectivity index (χ1) is 8.77. The lowest BCUT2D eigenvalue weighted by Crippen LogP contribution is -2.16. The maximum atomic E-state index is 12.2. The second kappa shape index (κ2) is 5.85. The van der Waals surface area contributed by atoms with Crippen molar-refractivity contribution in [2.24, 2.45) is 0 Å². The van der Waals surface area contributed by atoms with Crippen molar-refractivity contribution < 1.29 is 0 Å². The summed E-state index contributed by atoms with van der Waals surface area (Å²) in [5.74, 6) is 0. The van der Waals surface area contributed by atoms with E-state index in [2.05, 4.69) is 24.9 Å². The third kappa shape index (κ3) is 2.47. The molecule has 2 aromatic rings. The molecule has 0 atom stereocenters. The molecule has 0 aliphatic heterocycles. The zero-order valence-corrected chi connectivity index (χ0v) is 11.3. The number of aromatic amines is 1. The minimum atomic E-state index is 0.102. The van der Waals surface area contributed by atoms with Gasteiger partial charge in [-0.3, -0.25) is 4.79 Å². The molecule has 0 saturated heterocycles. The number of aromatic nitrogens is 1. The SMILES string of the molecule is CCCCc1c(CCC)c2ccccc2[nH]c1=O. The predicted octanol–water partition coefficient (Wildman–Crippen LogP) is 3.82. The molecule has 2 nitrogen and oxygen atoms in total. The lowest BCUT2D eigenvalue weighted by atomic mass is 9.96. The standard InChI is InChI=1S/C16H21NO/c1-3-5-9-14-12(8-4-2)13-10-6-7-11-15(13)17-16(14)18/h6-7,10-11H,3-5,8-9H2,1-2H3,(H,17,18). The number of pyridine rings is 1. The summed E-state index contributed by atoms with van der Waals surface area (Å²) in [6.45, 7) is 4.33. The summed E-state index contributed by atoms with van der Waals surface area (Å²) in [4.78, 5) is 15.2. The fourth-order valence-corrected chi connectivity index (χ4v) is 2.51. The highest BCUT2D eigenvalue weighted by Crippen LogP contribution is 2.20. The topological polar surface area (TPSA) is 32.9 Å². The normalized spacial score (nSPS) is 11.0. The van der Waals surface area contributed by atoms with Crippen LogP contribution in [0.1, 0.15) is 44.2 Å². The average Bonchev–Trinajstić information content (AvgIpc) is 2.38. The van der Waals surface area contributed by atoms with Gasteiger partial charge in [-0.15, -0.1) is 0 Å². The Morgan fingerprint density at radius 1 is 1.00 bits per heavy atom. The lowest BCUT2D eigenvalue weighted by Gasteiger charge is -2.11. The molecule has 1 aromatic carbocycles. The van der Waals surface area contributed by atoms with Crippen molar-refractivity contribution in [2.75, 3.05) is 0 Å². The molecule has 1 aromatic heterocycles. The van der Waals surface area contributed by atoms with Crippen LogP contribution < -0.4 is 5.56 Å². The minimum Gasteiger partial charge on any atom is -0.322 e. The van der Waals surface area contributed by atoms with Crippen LogP contribution in [0, 0.1) is 0 Å². The van der Waals surface area contributed by atoms with E-state index in [1.165, 1.54) is 10.9 Å². The number of para-hydroxylation sites is 1. The van der Waals surface area contributed by atoms with Crippen molar-refractivity contribution in [1.29, 1.82) is 0 Å². The molecule has 2 rings (SSSR count). The van der Waals surface area contributed by atoms with E-state index in [1.54, 1.807) is 0 Å². The van der Waals surface area contributed by atoms with E-state index < -0.39 is 0 Å². The van der Waals surface area contributed by atoms with Gasteiger partial charge in [0.05, 0.1) is 0 Å². The van der Waals surface area contributed by atoms with E-state index in [0.717, 1.165) is 43.2 Å². The number of rotatable bonds is 5. The third-order valence-electron chi connectivity index (χ3n) is 3.42. The monoisotopic (exact) mass is 243 g/mol. The highest BCUT2D eigenvalue weighted by Gasteiger charge is 2.10. The van der Waals surface area contributed by atoms with Gasteiger partial charge in [-0.2, -0.15) is 0 Å². The van der Waals surface area contributed by atoms with Crippen molar-refractivity contribution in [3.63, 3.8) is 0 Å². The van der Waals surface area contributed by atoms with E-state index in [-0.39, 0.29) is 5.56 Å². The number of H-pyrrole nitrogens is 1. The van der Waals surface area contributed by atoms with Gasteiger partial charge >= 0.3 is 0 Å². The van der Waals surface area contributed by atoms with E-state index in [4.69, 9.17) is 0 Å². The predicted molar refractivity (Wildman–Crippen MR) is 77.2 cm³/mol. The maximum absolute atomic E-state index is 12.2. The Bertz CT molecular complexity index is 583. The molecular weight excluding hydrogens is 222 g/mol. The van der Waals surface area contributed by atoms with Crippen LogP contribution in [0.15, 0.2) is 29.1 Å². The molecule has 0 aliphatic rings. The van der Waals surface area contributed by atoms with Crippen LogP contribution in [0.4, 0.5) is 0 Å². The molecule has 0 radical (unpaired) electrons. The van der Waals surface area contributed by atoms with Gasteiger partial charge in [0.25, 0.3) is 5.56 Å².